The SMILES string of the molecule is N#Cc1cccc2c1nc(CCl)n2CCC(=O)NC1CC1. The summed E-state index contributed by atoms with van der Waals surface area (Å²) in [5, 5.41) is 12.1. The van der Waals surface area contributed by atoms with Crippen LogP contribution in [0, 0.1) is 11.3 Å². The molecule has 1 heterocycles. The molecular formula is C15H15ClN4O. The second kappa shape index (κ2) is 5.74. The standard InChI is InChI=1S/C15H15ClN4O/c16-8-13-19-15-10(9-17)2-1-3-12(15)20(13)7-6-14(21)18-11-4-5-11/h1-3,11H,4-8H2,(H,18,21). The van der Waals surface area contributed by atoms with Crippen molar-refractivity contribution in [2.75, 3.05) is 0 Å². The zero-order chi connectivity index (χ0) is 14.8. The molecule has 108 valence electrons. The molecule has 2 aromatic rings. The lowest BCUT2D eigenvalue weighted by Crippen LogP contribution is -2.26. The number of hydrogen-bond acceptors (Lipinski definition) is 3. The maximum absolute atomic E-state index is 11.8. The summed E-state index contributed by atoms with van der Waals surface area (Å²) >= 11 is 5.94. The molecule has 0 aliphatic heterocycles. The Balaban J connectivity index is 1.86. The number of fused-ring (bicyclic) bond motifs is 1. The van der Waals surface area contributed by atoms with Crippen LogP contribution in [-0.2, 0) is 17.2 Å². The number of carbonyl (C=O) groups is 1. The highest BCUT2D eigenvalue weighted by Crippen LogP contribution is 2.22. The number of nitrogens with one attached hydrogen (secondary N) is 1. The van der Waals surface area contributed by atoms with Crippen molar-refractivity contribution in [2.24, 2.45) is 0 Å². The highest BCUT2D eigenvalue weighted by atomic mass is 35.5. The van der Waals surface area contributed by atoms with Gasteiger partial charge >= 0.3 is 0 Å². The third-order valence-electron chi connectivity index (χ3n) is 3.60. The van der Waals surface area contributed by atoms with Crippen molar-refractivity contribution in [1.29, 1.82) is 5.26 Å². The van der Waals surface area contributed by atoms with Crippen LogP contribution in [0.25, 0.3) is 11.0 Å². The molecule has 1 aliphatic carbocycles. The number of alkyl halides is 1. The molecule has 21 heavy (non-hydrogen) atoms. The van der Waals surface area contributed by atoms with E-state index >= 15 is 0 Å². The lowest BCUT2D eigenvalue weighted by molar-refractivity contribution is -0.121. The first-order valence-electron chi connectivity index (χ1n) is 6.96. The molecule has 0 radical (unpaired) electrons. The van der Waals surface area contributed by atoms with Crippen molar-refractivity contribution in [2.45, 2.75) is 37.7 Å². The minimum absolute atomic E-state index is 0.0521. The Morgan fingerprint density at radius 2 is 2.33 bits per heavy atom. The molecular weight excluding hydrogens is 288 g/mol. The molecule has 3 rings (SSSR count). The normalized spacial score (nSPS) is 14.1. The number of rotatable bonds is 5. The number of hydrogen-bond donors (Lipinski definition) is 1. The molecule has 1 amide bonds. The van der Waals surface area contributed by atoms with Crippen molar-refractivity contribution < 1.29 is 4.79 Å². The molecule has 1 aromatic carbocycles. The van der Waals surface area contributed by atoms with Crippen LogP contribution >= 0.6 is 11.6 Å². The number of aryl methyl sites for hydroxylation is 1. The van der Waals surface area contributed by atoms with Crippen LogP contribution < -0.4 is 5.32 Å². The first-order chi connectivity index (χ1) is 10.2. The molecule has 1 aliphatic rings. The van der Waals surface area contributed by atoms with Crippen molar-refractivity contribution in [3.05, 3.63) is 29.6 Å². The summed E-state index contributed by atoms with van der Waals surface area (Å²) in [6.07, 6.45) is 2.55. The van der Waals surface area contributed by atoms with Gasteiger partial charge in [-0.25, -0.2) is 4.98 Å². The van der Waals surface area contributed by atoms with Gasteiger partial charge in [0.15, 0.2) is 0 Å². The van der Waals surface area contributed by atoms with Crippen LogP contribution in [-0.4, -0.2) is 21.5 Å². The maximum atomic E-state index is 11.8. The molecule has 1 aromatic heterocycles. The molecule has 5 nitrogen and oxygen atoms in total. The average Bonchev–Trinajstić information content (AvgIpc) is 3.23. The summed E-state index contributed by atoms with van der Waals surface area (Å²) in [7, 11) is 0. The molecule has 0 unspecified atom stereocenters. The number of nitrogens with zero attached hydrogens (tertiary/aromatic N) is 3. The highest BCUT2D eigenvalue weighted by molar-refractivity contribution is 6.16. The fraction of sp³-hybridized carbons (Fsp3) is 0.400. The van der Waals surface area contributed by atoms with Crippen molar-refractivity contribution in [3.8, 4) is 6.07 Å². The third-order valence-corrected chi connectivity index (χ3v) is 3.84. The number of aromatic nitrogens is 2. The largest absolute Gasteiger partial charge is 0.353 e. The van der Waals surface area contributed by atoms with Crippen molar-refractivity contribution >= 4 is 28.5 Å². The van der Waals surface area contributed by atoms with Crippen molar-refractivity contribution in [1.82, 2.24) is 14.9 Å². The Labute approximate surface area is 127 Å². The smallest absolute Gasteiger partial charge is 0.222 e. The van der Waals surface area contributed by atoms with E-state index in [1.54, 1.807) is 6.07 Å². The Morgan fingerprint density at radius 1 is 1.52 bits per heavy atom. The fourth-order valence-corrected chi connectivity index (χ4v) is 2.58. The van der Waals surface area contributed by atoms with Gasteiger partial charge in [0, 0.05) is 19.0 Å². The molecule has 0 saturated heterocycles. The van der Waals surface area contributed by atoms with Gasteiger partial charge in [-0.2, -0.15) is 5.26 Å². The van der Waals surface area contributed by atoms with Crippen LogP contribution in [0.3, 0.4) is 0 Å². The van der Waals surface area contributed by atoms with Crippen LogP contribution in [0.15, 0.2) is 18.2 Å². The topological polar surface area (TPSA) is 70.7 Å². The minimum atomic E-state index is 0.0521. The van der Waals surface area contributed by atoms with Gasteiger partial charge in [-0.15, -0.1) is 11.6 Å². The predicted octanol–water partition coefficient (Wildman–Crippen LogP) is 2.32. The average molecular weight is 303 g/mol. The minimum Gasteiger partial charge on any atom is -0.353 e. The second-order valence-electron chi connectivity index (χ2n) is 5.19. The van der Waals surface area contributed by atoms with Gasteiger partial charge in [0.2, 0.25) is 5.91 Å². The van der Waals surface area contributed by atoms with Gasteiger partial charge in [0.05, 0.1) is 17.0 Å². The molecule has 0 bridgehead atoms. The summed E-state index contributed by atoms with van der Waals surface area (Å²) < 4.78 is 1.93. The van der Waals surface area contributed by atoms with Crippen molar-refractivity contribution in [3.63, 3.8) is 0 Å². The van der Waals surface area contributed by atoms with Gasteiger partial charge in [-0.3, -0.25) is 4.79 Å². The fourth-order valence-electron chi connectivity index (χ4n) is 2.38. The van der Waals surface area contributed by atoms with E-state index in [4.69, 9.17) is 16.9 Å². The van der Waals surface area contributed by atoms with E-state index in [9.17, 15) is 4.79 Å². The van der Waals surface area contributed by atoms with Crippen LogP contribution in [0.1, 0.15) is 30.7 Å². The first-order valence-corrected chi connectivity index (χ1v) is 7.50. The van der Waals surface area contributed by atoms with E-state index in [1.165, 1.54) is 0 Å². The summed E-state index contributed by atoms with van der Waals surface area (Å²) in [6, 6.07) is 7.96. The van der Waals surface area contributed by atoms with E-state index < -0.39 is 0 Å². The van der Waals surface area contributed by atoms with E-state index in [0.717, 1.165) is 18.4 Å². The number of halogens is 1. The van der Waals surface area contributed by atoms with Gasteiger partial charge < -0.3 is 9.88 Å². The molecule has 1 saturated carbocycles. The number of amides is 1. The Bertz CT molecular complexity index is 727. The molecule has 0 atom stereocenters. The second-order valence-corrected chi connectivity index (χ2v) is 5.46. The zero-order valence-corrected chi connectivity index (χ0v) is 12.2. The van der Waals surface area contributed by atoms with E-state index in [-0.39, 0.29) is 11.8 Å². The monoisotopic (exact) mass is 302 g/mol. The third kappa shape index (κ3) is 2.86. The van der Waals surface area contributed by atoms with Crippen LogP contribution in [0.4, 0.5) is 0 Å². The molecule has 6 heteroatoms. The van der Waals surface area contributed by atoms with Gasteiger partial charge in [0.1, 0.15) is 17.4 Å². The highest BCUT2D eigenvalue weighted by Gasteiger charge is 2.23. The van der Waals surface area contributed by atoms with E-state index in [0.29, 0.717) is 35.9 Å². The number of para-hydroxylation sites is 1. The number of nitriles is 1. The molecule has 0 spiro atoms. The summed E-state index contributed by atoms with van der Waals surface area (Å²) in [6.45, 7) is 0.520. The lowest BCUT2D eigenvalue weighted by Gasteiger charge is -2.08. The van der Waals surface area contributed by atoms with Gasteiger partial charge in [-0.1, -0.05) is 6.07 Å². The predicted molar refractivity (Wildman–Crippen MR) is 79.8 cm³/mol. The van der Waals surface area contributed by atoms with Gasteiger partial charge in [-0.05, 0) is 25.0 Å². The number of benzene rings is 1. The quantitative estimate of drug-likeness (QED) is 0.862. The molecule has 1 fully saturated rings. The Morgan fingerprint density at radius 3 is 3.00 bits per heavy atom. The summed E-state index contributed by atoms with van der Waals surface area (Å²) in [4.78, 5) is 16.2. The lowest BCUT2D eigenvalue weighted by atomic mass is 10.2. The summed E-state index contributed by atoms with van der Waals surface area (Å²) in [5.74, 6) is 0.994. The summed E-state index contributed by atoms with van der Waals surface area (Å²) in [5.41, 5.74) is 2.03. The van der Waals surface area contributed by atoms with Crippen LogP contribution in [0.5, 0.6) is 0 Å². The number of carbonyl (C=O) groups excluding carboxylic acids is 1. The van der Waals surface area contributed by atoms with Gasteiger partial charge in [0.25, 0.3) is 0 Å². The van der Waals surface area contributed by atoms with E-state index in [1.807, 2.05) is 16.7 Å². The van der Waals surface area contributed by atoms with E-state index in [2.05, 4.69) is 16.4 Å². The van der Waals surface area contributed by atoms with Crippen LogP contribution in [0.2, 0.25) is 0 Å². The Kier molecular flexibility index (Phi) is 3.80. The zero-order valence-electron chi connectivity index (χ0n) is 11.5. The number of imidazole rings is 1. The molecule has 1 N–H and O–H groups in total. The maximum Gasteiger partial charge on any atom is 0.222 e. The first kappa shape index (κ1) is 13.9. The Hall–Kier alpha value is -2.06.